The minimum absolute atomic E-state index is 0.0365. The fourth-order valence-corrected chi connectivity index (χ4v) is 3.52. The highest BCUT2D eigenvalue weighted by Gasteiger charge is 2.23. The van der Waals surface area contributed by atoms with Crippen LogP contribution in [0, 0.1) is 13.8 Å². The van der Waals surface area contributed by atoms with Crippen LogP contribution in [0.25, 0.3) is 11.8 Å². The summed E-state index contributed by atoms with van der Waals surface area (Å²) in [6.45, 7) is 6.30. The van der Waals surface area contributed by atoms with E-state index in [1.807, 2.05) is 48.9 Å². The Bertz CT molecular complexity index is 889. The Kier molecular flexibility index (Phi) is 6.82. The number of nitrogens with zero attached hydrogens (tertiary/aromatic N) is 4. The molecule has 1 aliphatic heterocycles. The number of rotatable bonds is 6. The predicted molar refractivity (Wildman–Crippen MR) is 112 cm³/mol. The van der Waals surface area contributed by atoms with Crippen LogP contribution in [-0.2, 0) is 14.3 Å². The Hall–Kier alpha value is -2.93. The van der Waals surface area contributed by atoms with Crippen LogP contribution in [0.4, 0.5) is 0 Å². The van der Waals surface area contributed by atoms with Gasteiger partial charge in [0.1, 0.15) is 6.54 Å². The highest BCUT2D eigenvalue weighted by Crippen LogP contribution is 2.19. The Morgan fingerprint density at radius 1 is 1.21 bits per heavy atom. The number of carbonyl (C=O) groups excluding carboxylic acids is 2. The van der Waals surface area contributed by atoms with Gasteiger partial charge in [0.25, 0.3) is 0 Å². The van der Waals surface area contributed by atoms with Gasteiger partial charge in [0.05, 0.1) is 18.0 Å². The molecular formula is C22H28N4O3. The lowest BCUT2D eigenvalue weighted by Gasteiger charge is -2.20. The molecular weight excluding hydrogens is 368 g/mol. The van der Waals surface area contributed by atoms with E-state index in [-0.39, 0.29) is 18.4 Å². The van der Waals surface area contributed by atoms with Crippen molar-refractivity contribution in [1.82, 2.24) is 19.6 Å². The van der Waals surface area contributed by atoms with E-state index in [1.165, 1.54) is 0 Å². The number of hydrogen-bond acceptors (Lipinski definition) is 4. The van der Waals surface area contributed by atoms with E-state index in [2.05, 4.69) is 5.10 Å². The molecule has 2 heterocycles. The molecule has 1 fully saturated rings. The Balaban J connectivity index is 1.71. The first-order valence-electron chi connectivity index (χ1n) is 9.86. The number of hydrogen-bond donors (Lipinski definition) is 0. The van der Waals surface area contributed by atoms with Gasteiger partial charge in [-0.2, -0.15) is 5.10 Å². The largest absolute Gasteiger partial charge is 0.383 e. The molecule has 1 aromatic heterocycles. The summed E-state index contributed by atoms with van der Waals surface area (Å²) in [6, 6.07) is 9.90. The maximum Gasteiger partial charge on any atom is 0.247 e. The zero-order valence-corrected chi connectivity index (χ0v) is 17.3. The van der Waals surface area contributed by atoms with Crippen molar-refractivity contribution in [2.24, 2.45) is 0 Å². The molecule has 0 aliphatic carbocycles. The van der Waals surface area contributed by atoms with Crippen molar-refractivity contribution in [2.45, 2.75) is 20.3 Å². The molecule has 0 bridgehead atoms. The summed E-state index contributed by atoms with van der Waals surface area (Å²) in [5.41, 5.74) is 3.72. The molecule has 3 rings (SSSR count). The van der Waals surface area contributed by atoms with Gasteiger partial charge >= 0.3 is 0 Å². The number of benzene rings is 1. The molecule has 0 unspecified atom stereocenters. The van der Waals surface area contributed by atoms with Crippen LogP contribution in [0.5, 0.6) is 0 Å². The number of amides is 2. The molecule has 7 nitrogen and oxygen atoms in total. The second-order valence-corrected chi connectivity index (χ2v) is 7.15. The maximum absolute atomic E-state index is 12.7. The van der Waals surface area contributed by atoms with Gasteiger partial charge < -0.3 is 14.5 Å². The van der Waals surface area contributed by atoms with Crippen molar-refractivity contribution in [1.29, 1.82) is 0 Å². The molecule has 0 atom stereocenters. The van der Waals surface area contributed by atoms with Crippen molar-refractivity contribution < 1.29 is 14.3 Å². The summed E-state index contributed by atoms with van der Waals surface area (Å²) >= 11 is 0. The number of ether oxygens (including phenoxy) is 1. The van der Waals surface area contributed by atoms with Gasteiger partial charge in [0.15, 0.2) is 0 Å². The Labute approximate surface area is 171 Å². The summed E-state index contributed by atoms with van der Waals surface area (Å²) in [6.07, 6.45) is 4.11. The van der Waals surface area contributed by atoms with Gasteiger partial charge in [0.2, 0.25) is 11.8 Å². The third kappa shape index (κ3) is 4.92. The summed E-state index contributed by atoms with van der Waals surface area (Å²) in [7, 11) is 1.62. The van der Waals surface area contributed by atoms with Crippen LogP contribution >= 0.6 is 0 Å². The highest BCUT2D eigenvalue weighted by atomic mass is 16.5. The second-order valence-electron chi connectivity index (χ2n) is 7.15. The maximum atomic E-state index is 12.7. The van der Waals surface area contributed by atoms with Crippen molar-refractivity contribution in [3.05, 3.63) is 53.4 Å². The minimum atomic E-state index is -0.154. The topological polar surface area (TPSA) is 67.7 Å². The van der Waals surface area contributed by atoms with Crippen LogP contribution in [0.2, 0.25) is 0 Å². The number of carbonyl (C=O) groups is 2. The first kappa shape index (κ1) is 20.8. The fraction of sp³-hybridized carbons (Fsp3) is 0.409. The summed E-state index contributed by atoms with van der Waals surface area (Å²) in [4.78, 5) is 28.5. The number of aryl methyl sites for hydroxylation is 1. The Morgan fingerprint density at radius 2 is 1.97 bits per heavy atom. The normalized spacial score (nSPS) is 15.2. The van der Waals surface area contributed by atoms with Gasteiger partial charge in [-0.25, -0.2) is 4.68 Å². The van der Waals surface area contributed by atoms with E-state index in [4.69, 9.17) is 4.74 Å². The van der Waals surface area contributed by atoms with Crippen LogP contribution < -0.4 is 0 Å². The average Bonchev–Trinajstić information content (AvgIpc) is 2.88. The molecule has 0 N–H and O–H groups in total. The number of para-hydroxylation sites is 1. The lowest BCUT2D eigenvalue weighted by atomic mass is 10.1. The lowest BCUT2D eigenvalue weighted by molar-refractivity contribution is -0.136. The van der Waals surface area contributed by atoms with E-state index < -0.39 is 0 Å². The molecule has 29 heavy (non-hydrogen) atoms. The van der Waals surface area contributed by atoms with Crippen molar-refractivity contribution >= 4 is 17.9 Å². The average molecular weight is 396 g/mol. The van der Waals surface area contributed by atoms with E-state index >= 15 is 0 Å². The first-order chi connectivity index (χ1) is 14.0. The fourth-order valence-electron chi connectivity index (χ4n) is 3.52. The van der Waals surface area contributed by atoms with E-state index in [1.54, 1.807) is 29.1 Å². The zero-order valence-electron chi connectivity index (χ0n) is 17.3. The third-order valence-corrected chi connectivity index (χ3v) is 5.15. The van der Waals surface area contributed by atoms with Crippen LogP contribution in [0.15, 0.2) is 36.4 Å². The molecule has 7 heteroatoms. The Morgan fingerprint density at radius 3 is 2.69 bits per heavy atom. The second kappa shape index (κ2) is 9.52. The van der Waals surface area contributed by atoms with Crippen molar-refractivity contribution in [2.75, 3.05) is 39.9 Å². The summed E-state index contributed by atoms with van der Waals surface area (Å²) < 4.78 is 6.94. The monoisotopic (exact) mass is 396 g/mol. The van der Waals surface area contributed by atoms with Crippen molar-refractivity contribution in [3.63, 3.8) is 0 Å². The SMILES string of the molecule is COCCN1CCCN(C(=O)/C=C/c2c(C)nn(-c3ccccc3)c2C)CC1=O. The minimum Gasteiger partial charge on any atom is -0.383 e. The third-order valence-electron chi connectivity index (χ3n) is 5.15. The van der Waals surface area contributed by atoms with Gasteiger partial charge in [-0.3, -0.25) is 9.59 Å². The highest BCUT2D eigenvalue weighted by molar-refractivity contribution is 5.94. The van der Waals surface area contributed by atoms with Crippen LogP contribution in [0.3, 0.4) is 0 Å². The molecule has 0 spiro atoms. The molecule has 0 saturated carbocycles. The van der Waals surface area contributed by atoms with Crippen molar-refractivity contribution in [3.8, 4) is 5.69 Å². The van der Waals surface area contributed by atoms with E-state index in [0.29, 0.717) is 26.2 Å². The van der Waals surface area contributed by atoms with Crippen LogP contribution in [0.1, 0.15) is 23.4 Å². The van der Waals surface area contributed by atoms with Gasteiger partial charge in [-0.1, -0.05) is 18.2 Å². The summed E-state index contributed by atoms with van der Waals surface area (Å²) in [5, 5.41) is 4.60. The number of methoxy groups -OCH3 is 1. The smallest absolute Gasteiger partial charge is 0.247 e. The molecule has 1 aromatic carbocycles. The van der Waals surface area contributed by atoms with E-state index in [9.17, 15) is 9.59 Å². The molecule has 154 valence electrons. The summed E-state index contributed by atoms with van der Waals surface area (Å²) in [5.74, 6) is -0.191. The molecule has 2 aromatic rings. The first-order valence-corrected chi connectivity index (χ1v) is 9.86. The quantitative estimate of drug-likeness (QED) is 0.702. The van der Waals surface area contributed by atoms with Gasteiger partial charge in [0, 0.05) is 44.1 Å². The van der Waals surface area contributed by atoms with Crippen LogP contribution in [-0.4, -0.2) is 71.3 Å². The molecule has 0 radical (unpaired) electrons. The number of aromatic nitrogens is 2. The molecule has 1 aliphatic rings. The standard InChI is InChI=1S/C22H28N4O3/c1-17-20(18(2)26(23-17)19-8-5-4-6-9-19)10-11-21(27)25-13-7-12-24(14-15-29-3)22(28)16-25/h4-6,8-11H,7,12-16H2,1-3H3/b11-10+. The van der Waals surface area contributed by atoms with Gasteiger partial charge in [-0.05, 0) is 38.5 Å². The lowest BCUT2D eigenvalue weighted by Crippen LogP contribution is -2.40. The zero-order chi connectivity index (χ0) is 20.8. The molecule has 1 saturated heterocycles. The van der Waals surface area contributed by atoms with Gasteiger partial charge in [-0.15, -0.1) is 0 Å². The predicted octanol–water partition coefficient (Wildman–Crippen LogP) is 2.21. The van der Waals surface area contributed by atoms with E-state index in [0.717, 1.165) is 29.1 Å². The molecule has 2 amide bonds.